The number of halogens is 2. The van der Waals surface area contributed by atoms with Gasteiger partial charge in [-0.1, -0.05) is 119 Å². The molecule has 0 spiro atoms. The number of hydrogen-bond donors (Lipinski definition) is 2. The average Bonchev–Trinajstić information content (AvgIpc) is 2.51. The van der Waals surface area contributed by atoms with Gasteiger partial charge < -0.3 is 10.2 Å². The monoisotopic (exact) mass is 532 g/mol. The Balaban J connectivity index is -0.000000500. The Labute approximate surface area is 230 Å². The Hall–Kier alpha value is -0.666. The minimum absolute atomic E-state index is 0. The third-order valence-electron chi connectivity index (χ3n) is 5.30. The second kappa shape index (κ2) is 12.9. The largest absolute Gasteiger partial charge is 0.507 e. The van der Waals surface area contributed by atoms with E-state index in [0.717, 1.165) is 22.3 Å². The molecule has 2 N–H and O–H groups in total. The van der Waals surface area contributed by atoms with Crippen molar-refractivity contribution < 1.29 is 31.9 Å². The quantitative estimate of drug-likeness (QED) is 0.332. The maximum Gasteiger partial charge on any atom is 0.123 e. The summed E-state index contributed by atoms with van der Waals surface area (Å²) in [5, 5.41) is 20.5. The standard InChI is InChI=1S/2C14H22O.2ClH.Ti/c2*1-13(2,3)10-8-7-9-11(12(10)15)14(4,5)6;;;/h2*7-9,15H,1-6H3;2*1H;. The van der Waals surface area contributed by atoms with E-state index in [9.17, 15) is 10.2 Å². The Morgan fingerprint density at radius 3 is 0.697 bits per heavy atom. The molecule has 0 aliphatic rings. The molecule has 0 radical (unpaired) electrons. The molecular weight excluding hydrogens is 487 g/mol. The number of phenolic OH excluding ortho intramolecular Hbond substituents is 2. The van der Waals surface area contributed by atoms with Crippen LogP contribution in [0.3, 0.4) is 0 Å². The van der Waals surface area contributed by atoms with Crippen molar-refractivity contribution >= 4 is 24.8 Å². The van der Waals surface area contributed by atoms with Gasteiger partial charge in [-0.25, -0.2) is 0 Å². The summed E-state index contributed by atoms with van der Waals surface area (Å²) in [4.78, 5) is 0. The van der Waals surface area contributed by atoms with Gasteiger partial charge in [-0.05, 0) is 43.9 Å². The Bertz CT molecular complexity index is 727. The van der Waals surface area contributed by atoms with Gasteiger partial charge in [-0.15, -0.1) is 24.8 Å². The van der Waals surface area contributed by atoms with E-state index < -0.39 is 0 Å². The van der Waals surface area contributed by atoms with Crippen LogP contribution in [0.15, 0.2) is 36.4 Å². The topological polar surface area (TPSA) is 40.5 Å². The molecule has 0 aromatic heterocycles. The van der Waals surface area contributed by atoms with Crippen LogP contribution in [0.5, 0.6) is 11.5 Å². The van der Waals surface area contributed by atoms with E-state index in [4.69, 9.17) is 0 Å². The van der Waals surface area contributed by atoms with E-state index in [2.05, 4.69) is 83.1 Å². The van der Waals surface area contributed by atoms with E-state index in [1.807, 2.05) is 36.4 Å². The Kier molecular flexibility index (Phi) is 14.4. The smallest absolute Gasteiger partial charge is 0.123 e. The molecule has 0 aliphatic carbocycles. The molecular formula is C28H46Cl2O2Ti. The molecule has 0 aliphatic heterocycles. The van der Waals surface area contributed by atoms with Crippen LogP contribution in [-0.4, -0.2) is 10.2 Å². The zero-order valence-electron chi connectivity index (χ0n) is 22.7. The molecule has 2 nitrogen and oxygen atoms in total. The second-order valence-electron chi connectivity index (χ2n) is 12.4. The molecule has 33 heavy (non-hydrogen) atoms. The molecule has 0 fully saturated rings. The van der Waals surface area contributed by atoms with Crippen molar-refractivity contribution in [2.75, 3.05) is 0 Å². The van der Waals surface area contributed by atoms with Crippen LogP contribution in [-0.2, 0) is 43.4 Å². The fraction of sp³-hybridized carbons (Fsp3) is 0.571. The van der Waals surface area contributed by atoms with Crippen LogP contribution in [0.25, 0.3) is 0 Å². The third kappa shape index (κ3) is 10.2. The van der Waals surface area contributed by atoms with Crippen LogP contribution in [0.1, 0.15) is 105 Å². The van der Waals surface area contributed by atoms with Gasteiger partial charge in [0.1, 0.15) is 11.5 Å². The van der Waals surface area contributed by atoms with Gasteiger partial charge in [-0.2, -0.15) is 0 Å². The van der Waals surface area contributed by atoms with E-state index in [0.29, 0.717) is 11.5 Å². The number of phenols is 2. The fourth-order valence-electron chi connectivity index (χ4n) is 3.51. The molecule has 0 atom stereocenters. The predicted molar refractivity (Wildman–Crippen MR) is 146 cm³/mol. The van der Waals surface area contributed by atoms with Gasteiger partial charge in [0.25, 0.3) is 0 Å². The second-order valence-corrected chi connectivity index (χ2v) is 12.4. The van der Waals surface area contributed by atoms with Gasteiger partial charge >= 0.3 is 0 Å². The van der Waals surface area contributed by atoms with Gasteiger partial charge in [0.2, 0.25) is 0 Å². The normalized spacial score (nSPS) is 11.8. The molecule has 0 heterocycles. The number of hydrogen-bond acceptors (Lipinski definition) is 2. The molecule has 2 aromatic carbocycles. The molecule has 2 aromatic rings. The summed E-state index contributed by atoms with van der Waals surface area (Å²) in [6.07, 6.45) is 0. The van der Waals surface area contributed by atoms with Crippen molar-refractivity contribution in [3.63, 3.8) is 0 Å². The van der Waals surface area contributed by atoms with Crippen LogP contribution < -0.4 is 0 Å². The van der Waals surface area contributed by atoms with Gasteiger partial charge in [0.15, 0.2) is 0 Å². The molecule has 0 saturated heterocycles. The van der Waals surface area contributed by atoms with E-state index >= 15 is 0 Å². The maximum atomic E-state index is 10.3. The van der Waals surface area contributed by atoms with E-state index in [-0.39, 0.29) is 68.2 Å². The number of aromatic hydroxyl groups is 2. The molecule has 0 amide bonds. The summed E-state index contributed by atoms with van der Waals surface area (Å²) in [7, 11) is 0. The summed E-state index contributed by atoms with van der Waals surface area (Å²) >= 11 is 0. The van der Waals surface area contributed by atoms with Gasteiger partial charge in [0, 0.05) is 21.7 Å². The first-order chi connectivity index (χ1) is 13.3. The number of benzene rings is 2. The SMILES string of the molecule is CC(C)(C)c1cccc(C(C)(C)C)c1O.CC(C)(C)c1cccc(C(C)(C)C)c1O.Cl.Cl.[Ti]. The molecule has 5 heteroatoms. The van der Waals surface area contributed by atoms with E-state index in [1.165, 1.54) is 0 Å². The summed E-state index contributed by atoms with van der Waals surface area (Å²) in [5.41, 5.74) is 4.06. The fourth-order valence-corrected chi connectivity index (χ4v) is 3.51. The zero-order valence-corrected chi connectivity index (χ0v) is 25.9. The van der Waals surface area contributed by atoms with Crippen molar-refractivity contribution in [2.24, 2.45) is 0 Å². The van der Waals surface area contributed by atoms with Crippen molar-refractivity contribution in [3.05, 3.63) is 58.7 Å². The minimum atomic E-state index is -0.00859. The molecule has 0 bridgehead atoms. The molecule has 0 unspecified atom stereocenters. The van der Waals surface area contributed by atoms with Crippen LogP contribution in [0, 0.1) is 0 Å². The first-order valence-electron chi connectivity index (χ1n) is 10.9. The summed E-state index contributed by atoms with van der Waals surface area (Å²) in [6, 6.07) is 12.1. The van der Waals surface area contributed by atoms with Crippen molar-refractivity contribution in [2.45, 2.75) is 105 Å². The molecule has 0 saturated carbocycles. The average molecular weight is 533 g/mol. The van der Waals surface area contributed by atoms with Gasteiger partial charge in [-0.3, -0.25) is 0 Å². The first kappa shape index (κ1) is 36.9. The predicted octanol–water partition coefficient (Wildman–Crippen LogP) is 8.82. The van der Waals surface area contributed by atoms with Crippen molar-refractivity contribution in [1.29, 1.82) is 0 Å². The van der Waals surface area contributed by atoms with Crippen LogP contribution in [0.2, 0.25) is 0 Å². The summed E-state index contributed by atoms with van der Waals surface area (Å²) < 4.78 is 0. The van der Waals surface area contributed by atoms with Gasteiger partial charge in [0.05, 0.1) is 0 Å². The minimum Gasteiger partial charge on any atom is -0.507 e. The third-order valence-corrected chi connectivity index (χ3v) is 5.30. The van der Waals surface area contributed by atoms with Crippen molar-refractivity contribution in [1.82, 2.24) is 0 Å². The molecule has 188 valence electrons. The maximum absolute atomic E-state index is 10.3. The van der Waals surface area contributed by atoms with Crippen LogP contribution >= 0.6 is 24.8 Å². The summed E-state index contributed by atoms with van der Waals surface area (Å²) in [5.74, 6) is 0.912. The number of rotatable bonds is 0. The number of para-hydroxylation sites is 2. The Morgan fingerprint density at radius 1 is 0.424 bits per heavy atom. The van der Waals surface area contributed by atoms with E-state index in [1.54, 1.807) is 0 Å². The Morgan fingerprint density at radius 2 is 0.576 bits per heavy atom. The molecule has 2 rings (SSSR count). The van der Waals surface area contributed by atoms with Crippen molar-refractivity contribution in [3.8, 4) is 11.5 Å². The summed E-state index contributed by atoms with van der Waals surface area (Å²) in [6.45, 7) is 25.4. The first-order valence-corrected chi connectivity index (χ1v) is 10.9. The van der Waals surface area contributed by atoms with Crippen LogP contribution in [0.4, 0.5) is 0 Å². The zero-order chi connectivity index (χ0) is 23.7.